The molecule has 80 valence electrons. The molecule has 3 rings (SSSR count). The predicted molar refractivity (Wildman–Crippen MR) is 52.5 cm³/mol. The molecule has 2 aliphatic heterocycles. The number of carbonyl (C=O) groups is 1. The predicted octanol–water partition coefficient (Wildman–Crippen LogP) is 0.169. The van der Waals surface area contributed by atoms with Crippen molar-refractivity contribution in [1.29, 1.82) is 0 Å². The number of hydrogen-bond acceptors (Lipinski definition) is 4. The minimum atomic E-state index is -0.00296. The number of aromatic nitrogens is 1. The van der Waals surface area contributed by atoms with Crippen molar-refractivity contribution in [1.82, 2.24) is 15.4 Å². The van der Waals surface area contributed by atoms with Crippen molar-refractivity contribution in [2.45, 2.75) is 25.4 Å². The molecule has 0 aromatic carbocycles. The zero-order valence-electron chi connectivity index (χ0n) is 8.56. The number of carbonyl (C=O) groups excluding carboxylic acids is 1. The Morgan fingerprint density at radius 2 is 2.60 bits per heavy atom. The summed E-state index contributed by atoms with van der Waals surface area (Å²) in [7, 11) is 0. The molecule has 0 bridgehead atoms. The van der Waals surface area contributed by atoms with Gasteiger partial charge < -0.3 is 14.7 Å². The van der Waals surface area contributed by atoms with Crippen molar-refractivity contribution in [3.63, 3.8) is 0 Å². The third-order valence-electron chi connectivity index (χ3n) is 3.21. The second kappa shape index (κ2) is 3.06. The van der Waals surface area contributed by atoms with Crippen LogP contribution in [0.15, 0.2) is 10.6 Å². The number of likely N-dealkylation sites (tertiary alicyclic amines) is 1. The van der Waals surface area contributed by atoms with Crippen LogP contribution in [0.2, 0.25) is 0 Å². The first-order valence-electron chi connectivity index (χ1n) is 5.23. The molecule has 0 saturated carbocycles. The highest BCUT2D eigenvalue weighted by Crippen LogP contribution is 2.27. The normalized spacial score (nSPS) is 28.7. The molecule has 0 radical (unpaired) electrons. The van der Waals surface area contributed by atoms with E-state index in [1.807, 2.05) is 4.90 Å². The molecule has 1 aromatic rings. The largest absolute Gasteiger partial charge is 0.361 e. The average molecular weight is 207 g/mol. The Bertz CT molecular complexity index is 401. The first-order chi connectivity index (χ1) is 7.25. The van der Waals surface area contributed by atoms with Crippen LogP contribution in [0.4, 0.5) is 0 Å². The molecule has 1 amide bonds. The molecule has 15 heavy (non-hydrogen) atoms. The van der Waals surface area contributed by atoms with E-state index < -0.39 is 0 Å². The van der Waals surface area contributed by atoms with Crippen molar-refractivity contribution in [2.24, 2.45) is 0 Å². The van der Waals surface area contributed by atoms with Crippen LogP contribution >= 0.6 is 0 Å². The highest BCUT2D eigenvalue weighted by Gasteiger charge is 2.45. The summed E-state index contributed by atoms with van der Waals surface area (Å²) in [4.78, 5) is 13.8. The number of hydrogen-bond donors (Lipinski definition) is 1. The second-order valence-corrected chi connectivity index (χ2v) is 4.20. The number of nitrogens with zero attached hydrogens (tertiary/aromatic N) is 2. The molecule has 3 heterocycles. The van der Waals surface area contributed by atoms with Crippen LogP contribution in [0.1, 0.15) is 22.7 Å². The topological polar surface area (TPSA) is 58.4 Å². The minimum absolute atomic E-state index is 0.00296. The quantitative estimate of drug-likeness (QED) is 0.713. The SMILES string of the molecule is Cc1cc(C(=O)N2CC3NCCC32)no1. The molecule has 5 heteroatoms. The van der Waals surface area contributed by atoms with E-state index in [-0.39, 0.29) is 5.91 Å². The lowest BCUT2D eigenvalue weighted by atomic mass is 9.97. The number of nitrogens with one attached hydrogen (secondary N) is 1. The first kappa shape index (κ1) is 8.91. The smallest absolute Gasteiger partial charge is 0.276 e. The molecule has 2 fully saturated rings. The van der Waals surface area contributed by atoms with Gasteiger partial charge in [-0.15, -0.1) is 0 Å². The lowest BCUT2D eigenvalue weighted by Gasteiger charge is -2.43. The zero-order chi connectivity index (χ0) is 10.4. The lowest BCUT2D eigenvalue weighted by molar-refractivity contribution is 0.0401. The van der Waals surface area contributed by atoms with Crippen LogP contribution in [0.3, 0.4) is 0 Å². The van der Waals surface area contributed by atoms with E-state index in [9.17, 15) is 4.79 Å². The Hall–Kier alpha value is -1.36. The van der Waals surface area contributed by atoms with Gasteiger partial charge >= 0.3 is 0 Å². The monoisotopic (exact) mass is 207 g/mol. The van der Waals surface area contributed by atoms with Gasteiger partial charge in [-0.1, -0.05) is 5.16 Å². The van der Waals surface area contributed by atoms with E-state index in [4.69, 9.17) is 4.52 Å². The minimum Gasteiger partial charge on any atom is -0.361 e. The summed E-state index contributed by atoms with van der Waals surface area (Å²) in [6.45, 7) is 3.60. The third kappa shape index (κ3) is 1.26. The van der Waals surface area contributed by atoms with Crippen LogP contribution in [-0.2, 0) is 0 Å². The van der Waals surface area contributed by atoms with Crippen molar-refractivity contribution >= 4 is 5.91 Å². The van der Waals surface area contributed by atoms with Crippen molar-refractivity contribution < 1.29 is 9.32 Å². The molecule has 1 N–H and O–H groups in total. The third-order valence-corrected chi connectivity index (χ3v) is 3.21. The van der Waals surface area contributed by atoms with Gasteiger partial charge in [0.2, 0.25) is 0 Å². The van der Waals surface area contributed by atoms with Gasteiger partial charge in [0.1, 0.15) is 5.76 Å². The second-order valence-electron chi connectivity index (χ2n) is 4.20. The molecular weight excluding hydrogens is 194 g/mol. The first-order valence-corrected chi connectivity index (χ1v) is 5.23. The lowest BCUT2D eigenvalue weighted by Crippen LogP contribution is -2.62. The van der Waals surface area contributed by atoms with Gasteiger partial charge in [0.05, 0.1) is 6.04 Å². The molecule has 0 spiro atoms. The fourth-order valence-corrected chi connectivity index (χ4v) is 2.37. The molecule has 0 aliphatic carbocycles. The summed E-state index contributed by atoms with van der Waals surface area (Å²) < 4.78 is 4.90. The number of aryl methyl sites for hydroxylation is 1. The summed E-state index contributed by atoms with van der Waals surface area (Å²) in [6, 6.07) is 2.56. The van der Waals surface area contributed by atoms with Gasteiger partial charge in [-0.05, 0) is 19.9 Å². The number of amides is 1. The summed E-state index contributed by atoms with van der Waals surface area (Å²) in [5.74, 6) is 0.678. The molecule has 2 saturated heterocycles. The van der Waals surface area contributed by atoms with Crippen LogP contribution in [0.5, 0.6) is 0 Å². The Morgan fingerprint density at radius 3 is 3.27 bits per heavy atom. The van der Waals surface area contributed by atoms with E-state index >= 15 is 0 Å². The van der Waals surface area contributed by atoms with E-state index in [1.165, 1.54) is 0 Å². The number of fused-ring (bicyclic) bond motifs is 1. The van der Waals surface area contributed by atoms with Crippen LogP contribution in [-0.4, -0.2) is 41.1 Å². The van der Waals surface area contributed by atoms with Gasteiger partial charge in [0.25, 0.3) is 5.91 Å². The maximum Gasteiger partial charge on any atom is 0.276 e. The Labute approximate surface area is 87.4 Å². The fourth-order valence-electron chi connectivity index (χ4n) is 2.37. The summed E-state index contributed by atoms with van der Waals surface area (Å²) in [5, 5.41) is 7.11. The van der Waals surface area contributed by atoms with Crippen LogP contribution in [0.25, 0.3) is 0 Å². The Balaban J connectivity index is 1.76. The summed E-state index contributed by atoms with van der Waals surface area (Å²) in [5.41, 5.74) is 0.429. The highest BCUT2D eigenvalue weighted by atomic mass is 16.5. The van der Waals surface area contributed by atoms with E-state index in [2.05, 4.69) is 10.5 Å². The van der Waals surface area contributed by atoms with Crippen molar-refractivity contribution in [2.75, 3.05) is 13.1 Å². The van der Waals surface area contributed by atoms with Crippen LogP contribution in [0, 0.1) is 6.92 Å². The molecule has 2 aliphatic rings. The van der Waals surface area contributed by atoms with Crippen LogP contribution < -0.4 is 5.32 Å². The number of rotatable bonds is 1. The maximum absolute atomic E-state index is 12.0. The zero-order valence-corrected chi connectivity index (χ0v) is 8.56. The Kier molecular flexibility index (Phi) is 1.82. The average Bonchev–Trinajstić information content (AvgIpc) is 2.74. The van der Waals surface area contributed by atoms with Gasteiger partial charge in [-0.25, -0.2) is 0 Å². The van der Waals surface area contributed by atoms with Crippen molar-refractivity contribution in [3.8, 4) is 0 Å². The van der Waals surface area contributed by atoms with Gasteiger partial charge in [0.15, 0.2) is 5.69 Å². The molecule has 5 nitrogen and oxygen atoms in total. The van der Waals surface area contributed by atoms with E-state index in [0.717, 1.165) is 19.5 Å². The van der Waals surface area contributed by atoms with Gasteiger partial charge in [-0.3, -0.25) is 4.79 Å². The molecule has 2 unspecified atom stereocenters. The fraction of sp³-hybridized carbons (Fsp3) is 0.600. The highest BCUT2D eigenvalue weighted by molar-refractivity contribution is 5.93. The van der Waals surface area contributed by atoms with E-state index in [0.29, 0.717) is 23.5 Å². The molecular formula is C10H13N3O2. The van der Waals surface area contributed by atoms with Gasteiger partial charge in [-0.2, -0.15) is 0 Å². The summed E-state index contributed by atoms with van der Waals surface area (Å²) in [6.07, 6.45) is 1.05. The molecule has 2 atom stereocenters. The van der Waals surface area contributed by atoms with Crippen molar-refractivity contribution in [3.05, 3.63) is 17.5 Å². The van der Waals surface area contributed by atoms with E-state index in [1.54, 1.807) is 13.0 Å². The van der Waals surface area contributed by atoms with Gasteiger partial charge in [0, 0.05) is 18.7 Å². The molecule has 1 aromatic heterocycles. The maximum atomic E-state index is 12.0. The standard InChI is InChI=1S/C10H13N3O2/c1-6-4-7(12-15-6)10(14)13-5-8-9(13)2-3-11-8/h4,8-9,11H,2-3,5H2,1H3. The summed E-state index contributed by atoms with van der Waals surface area (Å²) >= 11 is 0. The Morgan fingerprint density at radius 1 is 1.73 bits per heavy atom.